The molecule has 106 valence electrons. The van der Waals surface area contributed by atoms with Crippen LogP contribution in [0.1, 0.15) is 12.2 Å². The van der Waals surface area contributed by atoms with Gasteiger partial charge in [0.2, 0.25) is 5.91 Å². The van der Waals surface area contributed by atoms with Crippen LogP contribution in [0.2, 0.25) is 0 Å². The maximum atomic E-state index is 12.0. The summed E-state index contributed by atoms with van der Waals surface area (Å²) in [6, 6.07) is 0.516. The summed E-state index contributed by atoms with van der Waals surface area (Å²) in [7, 11) is 4.10. The SMILES string of the molecule is CN(C)C1CN(C(=O)CCc2nccn2CCCl)C1. The van der Waals surface area contributed by atoms with Crippen LogP contribution in [0.25, 0.3) is 0 Å². The number of carbonyl (C=O) groups excluding carboxylic acids is 1. The molecule has 19 heavy (non-hydrogen) atoms. The number of likely N-dealkylation sites (tertiary alicyclic amines) is 1. The summed E-state index contributed by atoms with van der Waals surface area (Å²) in [6.07, 6.45) is 4.89. The molecule has 0 atom stereocenters. The van der Waals surface area contributed by atoms with Crippen molar-refractivity contribution >= 4 is 17.5 Å². The molecule has 0 saturated carbocycles. The number of rotatable bonds is 6. The number of aryl methyl sites for hydroxylation is 2. The third-order valence-corrected chi connectivity index (χ3v) is 3.80. The van der Waals surface area contributed by atoms with Crippen LogP contribution in [0.3, 0.4) is 0 Å². The zero-order valence-corrected chi connectivity index (χ0v) is 12.3. The van der Waals surface area contributed by atoms with Crippen LogP contribution in [0.15, 0.2) is 12.4 Å². The normalized spacial score (nSPS) is 15.9. The minimum atomic E-state index is 0.221. The third kappa shape index (κ3) is 3.48. The molecule has 0 unspecified atom stereocenters. The van der Waals surface area contributed by atoms with Crippen LogP contribution in [-0.4, -0.2) is 64.4 Å². The molecule has 1 saturated heterocycles. The van der Waals surface area contributed by atoms with Gasteiger partial charge in [-0.1, -0.05) is 0 Å². The quantitative estimate of drug-likeness (QED) is 0.727. The molecule has 5 nitrogen and oxygen atoms in total. The molecule has 0 spiro atoms. The van der Waals surface area contributed by atoms with Crippen molar-refractivity contribution in [2.75, 3.05) is 33.1 Å². The van der Waals surface area contributed by atoms with Crippen LogP contribution in [0.4, 0.5) is 0 Å². The van der Waals surface area contributed by atoms with E-state index in [2.05, 4.69) is 24.0 Å². The van der Waals surface area contributed by atoms with E-state index in [1.54, 1.807) is 6.20 Å². The summed E-state index contributed by atoms with van der Waals surface area (Å²) < 4.78 is 2.01. The maximum Gasteiger partial charge on any atom is 0.223 e. The molecule has 0 bridgehead atoms. The second-order valence-electron chi connectivity index (χ2n) is 5.14. The number of alkyl halides is 1. The van der Waals surface area contributed by atoms with Crippen LogP contribution in [0.5, 0.6) is 0 Å². The summed E-state index contributed by atoms with van der Waals surface area (Å²) in [5.74, 6) is 1.73. The molecule has 0 N–H and O–H groups in total. The van der Waals surface area contributed by atoms with Gasteiger partial charge in [-0.15, -0.1) is 11.6 Å². The second kappa shape index (κ2) is 6.39. The summed E-state index contributed by atoms with van der Waals surface area (Å²) in [5.41, 5.74) is 0. The van der Waals surface area contributed by atoms with E-state index in [1.165, 1.54) is 0 Å². The van der Waals surface area contributed by atoms with Crippen molar-refractivity contribution in [3.05, 3.63) is 18.2 Å². The minimum Gasteiger partial charge on any atom is -0.339 e. The highest BCUT2D eigenvalue weighted by atomic mass is 35.5. The summed E-state index contributed by atoms with van der Waals surface area (Å²) >= 11 is 5.73. The Hall–Kier alpha value is -1.07. The molecule has 2 rings (SSSR count). The lowest BCUT2D eigenvalue weighted by Gasteiger charge is -2.42. The number of carbonyl (C=O) groups is 1. The highest BCUT2D eigenvalue weighted by Gasteiger charge is 2.31. The van der Waals surface area contributed by atoms with E-state index in [9.17, 15) is 4.79 Å². The van der Waals surface area contributed by atoms with Crippen molar-refractivity contribution in [2.45, 2.75) is 25.4 Å². The number of aromatic nitrogens is 2. The van der Waals surface area contributed by atoms with Gasteiger partial charge in [0.15, 0.2) is 0 Å². The Kier molecular flexibility index (Phi) is 4.82. The van der Waals surface area contributed by atoms with Gasteiger partial charge in [0.1, 0.15) is 5.82 Å². The first-order valence-corrected chi connectivity index (χ1v) is 7.15. The highest BCUT2D eigenvalue weighted by molar-refractivity contribution is 6.17. The van der Waals surface area contributed by atoms with Gasteiger partial charge >= 0.3 is 0 Å². The Bertz CT molecular complexity index is 426. The van der Waals surface area contributed by atoms with E-state index in [4.69, 9.17) is 11.6 Å². The lowest BCUT2D eigenvalue weighted by molar-refractivity contribution is -0.137. The molecule has 1 amide bonds. The molecule has 1 aliphatic rings. The first kappa shape index (κ1) is 14.3. The predicted molar refractivity (Wildman–Crippen MR) is 75.3 cm³/mol. The minimum absolute atomic E-state index is 0.221. The van der Waals surface area contributed by atoms with E-state index >= 15 is 0 Å². The number of likely N-dealkylation sites (N-methyl/N-ethyl adjacent to an activating group) is 1. The fourth-order valence-corrected chi connectivity index (χ4v) is 2.41. The molecular formula is C13H21ClN4O. The van der Waals surface area contributed by atoms with Crippen molar-refractivity contribution in [1.29, 1.82) is 0 Å². The monoisotopic (exact) mass is 284 g/mol. The Morgan fingerprint density at radius 1 is 1.53 bits per heavy atom. The molecule has 1 fully saturated rings. The first-order chi connectivity index (χ1) is 9.11. The third-order valence-electron chi connectivity index (χ3n) is 3.63. The zero-order valence-electron chi connectivity index (χ0n) is 11.5. The number of hydrogen-bond donors (Lipinski definition) is 0. The van der Waals surface area contributed by atoms with Gasteiger partial charge in [0.05, 0.1) is 0 Å². The van der Waals surface area contributed by atoms with Crippen LogP contribution < -0.4 is 0 Å². The molecule has 1 aromatic rings. The van der Waals surface area contributed by atoms with Crippen molar-refractivity contribution in [3.63, 3.8) is 0 Å². The number of imidazole rings is 1. The standard InChI is InChI=1S/C13H21ClN4O/c1-16(2)11-9-18(10-11)13(19)4-3-12-15-6-8-17(12)7-5-14/h6,8,11H,3-5,7,9-10H2,1-2H3. The van der Waals surface area contributed by atoms with Crippen LogP contribution in [-0.2, 0) is 17.8 Å². The van der Waals surface area contributed by atoms with Crippen molar-refractivity contribution in [1.82, 2.24) is 19.4 Å². The van der Waals surface area contributed by atoms with Gasteiger partial charge in [-0.3, -0.25) is 4.79 Å². The largest absolute Gasteiger partial charge is 0.339 e. The lowest BCUT2D eigenvalue weighted by atomic mass is 10.1. The summed E-state index contributed by atoms with van der Waals surface area (Å²) in [6.45, 7) is 2.45. The summed E-state index contributed by atoms with van der Waals surface area (Å²) in [4.78, 5) is 20.4. The van der Waals surface area contributed by atoms with E-state index < -0.39 is 0 Å². The van der Waals surface area contributed by atoms with Crippen LogP contribution in [0, 0.1) is 0 Å². The molecular weight excluding hydrogens is 264 g/mol. The molecule has 0 aromatic carbocycles. The molecule has 0 aliphatic carbocycles. The van der Waals surface area contributed by atoms with Crippen molar-refractivity contribution in [2.24, 2.45) is 0 Å². The number of hydrogen-bond acceptors (Lipinski definition) is 3. The second-order valence-corrected chi connectivity index (χ2v) is 5.52. The number of amides is 1. The fourth-order valence-electron chi connectivity index (χ4n) is 2.23. The molecule has 6 heteroatoms. The first-order valence-electron chi connectivity index (χ1n) is 6.62. The van der Waals surface area contributed by atoms with Gasteiger partial charge < -0.3 is 14.4 Å². The number of nitrogens with zero attached hydrogens (tertiary/aromatic N) is 4. The van der Waals surface area contributed by atoms with Gasteiger partial charge in [-0.25, -0.2) is 4.98 Å². The van der Waals surface area contributed by atoms with E-state index in [0.29, 0.717) is 24.8 Å². The van der Waals surface area contributed by atoms with Gasteiger partial charge in [-0.2, -0.15) is 0 Å². The van der Waals surface area contributed by atoms with Crippen molar-refractivity contribution in [3.8, 4) is 0 Å². The van der Waals surface area contributed by atoms with E-state index in [1.807, 2.05) is 15.7 Å². The Balaban J connectivity index is 1.76. The maximum absolute atomic E-state index is 12.0. The van der Waals surface area contributed by atoms with Crippen LogP contribution >= 0.6 is 11.6 Å². The Morgan fingerprint density at radius 2 is 2.26 bits per heavy atom. The topological polar surface area (TPSA) is 41.4 Å². The van der Waals surface area contributed by atoms with Gasteiger partial charge in [0, 0.05) is 56.8 Å². The lowest BCUT2D eigenvalue weighted by Crippen LogP contribution is -2.59. The molecule has 2 heterocycles. The Labute approximate surface area is 119 Å². The molecule has 1 aromatic heterocycles. The van der Waals surface area contributed by atoms with Gasteiger partial charge in [0.25, 0.3) is 0 Å². The summed E-state index contributed by atoms with van der Waals surface area (Å²) in [5, 5.41) is 0. The van der Waals surface area contributed by atoms with E-state index in [0.717, 1.165) is 25.5 Å². The zero-order chi connectivity index (χ0) is 13.8. The average molecular weight is 285 g/mol. The average Bonchev–Trinajstić information content (AvgIpc) is 2.72. The highest BCUT2D eigenvalue weighted by Crippen LogP contribution is 2.14. The Morgan fingerprint density at radius 3 is 2.89 bits per heavy atom. The smallest absolute Gasteiger partial charge is 0.223 e. The number of halogens is 1. The molecule has 0 radical (unpaired) electrons. The van der Waals surface area contributed by atoms with Crippen molar-refractivity contribution < 1.29 is 4.79 Å². The predicted octanol–water partition coefficient (Wildman–Crippen LogP) is 0.827. The van der Waals surface area contributed by atoms with Gasteiger partial charge in [-0.05, 0) is 14.1 Å². The fraction of sp³-hybridized carbons (Fsp3) is 0.692. The molecule has 1 aliphatic heterocycles. The van der Waals surface area contributed by atoms with E-state index in [-0.39, 0.29) is 5.91 Å².